The van der Waals surface area contributed by atoms with Crippen molar-refractivity contribution in [3.05, 3.63) is 330 Å². The Bertz CT molecular complexity index is 3320. The number of para-hydroxylation sites is 1. The number of hydrogen-bond donors (Lipinski definition) is 0. The molecular weight excluding hydrogens is 831 g/mol. The van der Waals surface area contributed by atoms with Gasteiger partial charge >= 0.3 is 0 Å². The minimum atomic E-state index is -0.577. The smallest absolute Gasteiger partial charge is 0.0714 e. The molecule has 2 aliphatic carbocycles. The lowest BCUT2D eigenvalue weighted by atomic mass is 9.67. The van der Waals surface area contributed by atoms with E-state index in [9.17, 15) is 0 Å². The van der Waals surface area contributed by atoms with Crippen LogP contribution in [0.2, 0.25) is 0 Å². The first-order chi connectivity index (χ1) is 34.3. The third-order valence-corrected chi connectivity index (χ3v) is 14.8. The summed E-state index contributed by atoms with van der Waals surface area (Å²) in [5.41, 5.74) is 21.9. The SMILES string of the molecule is c1ccc(-c2cccc(-c3ccccc3)c2N(c2ccc3c(c2)C(c2ccccc2)(c2ccccc2)c2ccccc2-3)c2ccc3c(c2)C(c2ccccc2)(c2ccccc2)c2ccccc2-3)cc1. The van der Waals surface area contributed by atoms with Gasteiger partial charge in [0.1, 0.15) is 0 Å². The maximum Gasteiger partial charge on any atom is 0.0714 e. The lowest BCUT2D eigenvalue weighted by Crippen LogP contribution is -2.29. The lowest BCUT2D eigenvalue weighted by Gasteiger charge is -2.36. The van der Waals surface area contributed by atoms with Crippen molar-refractivity contribution in [1.29, 1.82) is 0 Å². The van der Waals surface area contributed by atoms with E-state index >= 15 is 0 Å². The van der Waals surface area contributed by atoms with Crippen molar-refractivity contribution in [3.63, 3.8) is 0 Å². The molecule has 0 spiro atoms. The predicted molar refractivity (Wildman–Crippen MR) is 287 cm³/mol. The Kier molecular flexibility index (Phi) is 9.70. The summed E-state index contributed by atoms with van der Waals surface area (Å²) in [6.45, 7) is 0. The maximum absolute atomic E-state index is 2.57. The van der Waals surface area contributed by atoms with Gasteiger partial charge in [-0.05, 0) is 102 Å². The number of hydrogen-bond acceptors (Lipinski definition) is 1. The molecule has 0 atom stereocenters. The number of rotatable bonds is 9. The molecule has 2 aliphatic rings. The van der Waals surface area contributed by atoms with E-state index in [1.54, 1.807) is 0 Å². The summed E-state index contributed by atoms with van der Waals surface area (Å²) in [6, 6.07) is 106. The van der Waals surface area contributed by atoms with Crippen LogP contribution in [-0.4, -0.2) is 0 Å². The highest BCUT2D eigenvalue weighted by atomic mass is 15.1. The van der Waals surface area contributed by atoms with Crippen LogP contribution in [0.25, 0.3) is 44.5 Å². The number of anilines is 3. The van der Waals surface area contributed by atoms with Gasteiger partial charge in [-0.15, -0.1) is 0 Å². The molecule has 1 heteroatoms. The van der Waals surface area contributed by atoms with Crippen LogP contribution in [0.1, 0.15) is 44.5 Å². The highest BCUT2D eigenvalue weighted by molar-refractivity contribution is 6.00. The van der Waals surface area contributed by atoms with Gasteiger partial charge in [-0.25, -0.2) is 0 Å². The fraction of sp³-hybridized carbons (Fsp3) is 0.0294. The summed E-state index contributed by atoms with van der Waals surface area (Å²) < 4.78 is 0. The highest BCUT2D eigenvalue weighted by Crippen LogP contribution is 2.60. The summed E-state index contributed by atoms with van der Waals surface area (Å²) in [7, 11) is 0. The first kappa shape index (κ1) is 40.5. The van der Waals surface area contributed by atoms with Crippen LogP contribution in [0.3, 0.4) is 0 Å². The van der Waals surface area contributed by atoms with Crippen molar-refractivity contribution >= 4 is 17.1 Å². The Hall–Kier alpha value is -8.78. The van der Waals surface area contributed by atoms with E-state index in [0.717, 1.165) is 39.3 Å². The van der Waals surface area contributed by atoms with Crippen LogP contribution in [0.5, 0.6) is 0 Å². The molecule has 324 valence electrons. The summed E-state index contributed by atoms with van der Waals surface area (Å²) in [4.78, 5) is 2.57. The molecule has 0 heterocycles. The van der Waals surface area contributed by atoms with Gasteiger partial charge in [0.25, 0.3) is 0 Å². The summed E-state index contributed by atoms with van der Waals surface area (Å²) >= 11 is 0. The van der Waals surface area contributed by atoms with Crippen molar-refractivity contribution in [2.24, 2.45) is 0 Å². The Morgan fingerprint density at radius 2 is 0.507 bits per heavy atom. The largest absolute Gasteiger partial charge is 0.309 e. The highest BCUT2D eigenvalue weighted by Gasteiger charge is 2.48. The fourth-order valence-electron chi connectivity index (χ4n) is 12.0. The summed E-state index contributed by atoms with van der Waals surface area (Å²) in [5.74, 6) is 0. The van der Waals surface area contributed by atoms with E-state index in [0.29, 0.717) is 0 Å². The molecule has 0 amide bonds. The standard InChI is InChI=1S/C68H47N/c1-7-24-48(25-8-1)56-38-23-39-57(49-26-9-2-10-27-49)66(56)69(54-42-44-60-58-36-19-21-40-62(58)67(64(60)46-54,50-28-11-3-12-29-50)51-30-13-4-14-31-51)55-43-45-61-59-37-20-22-41-63(59)68(65(61)47-55,52-32-15-5-16-33-52)53-34-17-6-18-35-53/h1-47H. The van der Waals surface area contributed by atoms with Gasteiger partial charge < -0.3 is 4.90 Å². The van der Waals surface area contributed by atoms with Crippen LogP contribution in [-0.2, 0) is 10.8 Å². The molecule has 0 bridgehead atoms. The normalized spacial score (nSPS) is 13.4. The van der Waals surface area contributed by atoms with Crippen molar-refractivity contribution in [2.45, 2.75) is 10.8 Å². The third-order valence-electron chi connectivity index (χ3n) is 14.8. The molecule has 0 saturated heterocycles. The van der Waals surface area contributed by atoms with E-state index in [-0.39, 0.29) is 0 Å². The van der Waals surface area contributed by atoms with Crippen LogP contribution in [0.15, 0.2) is 285 Å². The third kappa shape index (κ3) is 6.17. The monoisotopic (exact) mass is 877 g/mol. The van der Waals surface area contributed by atoms with Gasteiger partial charge in [-0.1, -0.05) is 261 Å². The maximum atomic E-state index is 2.57. The second kappa shape index (κ2) is 16.5. The number of nitrogens with zero attached hydrogens (tertiary/aromatic N) is 1. The van der Waals surface area contributed by atoms with Crippen molar-refractivity contribution < 1.29 is 0 Å². The Labute approximate surface area is 404 Å². The minimum absolute atomic E-state index is 0.577. The molecular formula is C68H47N. The molecule has 0 fully saturated rings. The quantitative estimate of drug-likeness (QED) is 0.140. The molecule has 69 heavy (non-hydrogen) atoms. The van der Waals surface area contributed by atoms with Gasteiger partial charge in [-0.2, -0.15) is 0 Å². The first-order valence-corrected chi connectivity index (χ1v) is 24.0. The molecule has 0 aromatic heterocycles. The molecule has 0 radical (unpaired) electrons. The average Bonchev–Trinajstić information content (AvgIpc) is 3.90. The van der Waals surface area contributed by atoms with Crippen LogP contribution in [0, 0.1) is 0 Å². The molecule has 0 unspecified atom stereocenters. The van der Waals surface area contributed by atoms with E-state index in [1.807, 2.05) is 0 Å². The molecule has 11 aromatic rings. The topological polar surface area (TPSA) is 3.24 Å². The van der Waals surface area contributed by atoms with E-state index in [1.165, 1.54) is 66.8 Å². The van der Waals surface area contributed by atoms with Gasteiger partial charge in [0.2, 0.25) is 0 Å². The Morgan fingerprint density at radius 1 is 0.217 bits per heavy atom. The van der Waals surface area contributed by atoms with Gasteiger partial charge in [-0.3, -0.25) is 0 Å². The van der Waals surface area contributed by atoms with Crippen LogP contribution in [0.4, 0.5) is 17.1 Å². The van der Waals surface area contributed by atoms with Crippen LogP contribution < -0.4 is 4.90 Å². The number of benzene rings is 11. The molecule has 13 rings (SSSR count). The van der Waals surface area contributed by atoms with Gasteiger partial charge in [0.15, 0.2) is 0 Å². The zero-order chi connectivity index (χ0) is 45.8. The lowest BCUT2D eigenvalue weighted by molar-refractivity contribution is 0.767. The summed E-state index contributed by atoms with van der Waals surface area (Å²) in [5, 5.41) is 0. The molecule has 0 N–H and O–H groups in total. The second-order valence-corrected chi connectivity index (χ2v) is 18.3. The first-order valence-electron chi connectivity index (χ1n) is 24.0. The van der Waals surface area contributed by atoms with Crippen LogP contribution >= 0.6 is 0 Å². The van der Waals surface area contributed by atoms with E-state index in [4.69, 9.17) is 0 Å². The Balaban J connectivity index is 1.16. The fourth-order valence-corrected chi connectivity index (χ4v) is 12.0. The van der Waals surface area contributed by atoms with Crippen molar-refractivity contribution in [1.82, 2.24) is 0 Å². The van der Waals surface area contributed by atoms with E-state index < -0.39 is 10.8 Å². The van der Waals surface area contributed by atoms with Gasteiger partial charge in [0.05, 0.1) is 16.5 Å². The molecule has 11 aromatic carbocycles. The molecule has 0 saturated carbocycles. The molecule has 0 aliphatic heterocycles. The van der Waals surface area contributed by atoms with E-state index in [2.05, 4.69) is 290 Å². The zero-order valence-electron chi connectivity index (χ0n) is 38.1. The van der Waals surface area contributed by atoms with Crippen molar-refractivity contribution in [3.8, 4) is 44.5 Å². The van der Waals surface area contributed by atoms with Gasteiger partial charge in [0, 0.05) is 22.5 Å². The number of fused-ring (bicyclic) bond motifs is 6. The average molecular weight is 878 g/mol. The Morgan fingerprint density at radius 3 is 0.870 bits per heavy atom. The second-order valence-electron chi connectivity index (χ2n) is 18.3. The summed E-state index contributed by atoms with van der Waals surface area (Å²) in [6.07, 6.45) is 0. The van der Waals surface area contributed by atoms with Crippen molar-refractivity contribution in [2.75, 3.05) is 4.90 Å². The predicted octanol–water partition coefficient (Wildman–Crippen LogP) is 17.2. The molecule has 1 nitrogen and oxygen atoms in total. The minimum Gasteiger partial charge on any atom is -0.309 e. The zero-order valence-corrected chi connectivity index (χ0v) is 38.1.